The molecule has 2 amide bonds. The van der Waals surface area contributed by atoms with Gasteiger partial charge in [0.05, 0.1) is 4.88 Å². The highest BCUT2D eigenvalue weighted by Gasteiger charge is 2.11. The molecule has 0 spiro atoms. The molecule has 0 saturated carbocycles. The lowest BCUT2D eigenvalue weighted by Gasteiger charge is -2.16. The van der Waals surface area contributed by atoms with Crippen molar-refractivity contribution < 1.29 is 9.59 Å². The molecule has 120 valence electrons. The van der Waals surface area contributed by atoms with E-state index in [9.17, 15) is 9.59 Å². The minimum absolute atomic E-state index is 0. The monoisotopic (exact) mass is 333 g/mol. The Morgan fingerprint density at radius 1 is 1.43 bits per heavy atom. The standard InChI is InChI=1S/C14H23N3O2S.ClH/c1-2-3-5-11(10-15)17-13(18)7-8-16-14(19)12-6-4-9-20-12;/h4,6,9,11H,2-3,5,7-8,10,15H2,1H3,(H,16,19)(H,17,18);1H. The van der Waals surface area contributed by atoms with Crippen molar-refractivity contribution in [2.75, 3.05) is 13.1 Å². The molecule has 0 fully saturated rings. The van der Waals surface area contributed by atoms with E-state index in [0.717, 1.165) is 19.3 Å². The Hall–Kier alpha value is -1.11. The number of halogens is 1. The summed E-state index contributed by atoms with van der Waals surface area (Å²) in [4.78, 5) is 24.0. The van der Waals surface area contributed by atoms with Gasteiger partial charge in [0.15, 0.2) is 0 Å². The van der Waals surface area contributed by atoms with Crippen LogP contribution in [0.5, 0.6) is 0 Å². The van der Waals surface area contributed by atoms with Gasteiger partial charge in [0.2, 0.25) is 5.91 Å². The summed E-state index contributed by atoms with van der Waals surface area (Å²) in [5.74, 6) is -0.197. The van der Waals surface area contributed by atoms with Crippen LogP contribution in [0.25, 0.3) is 0 Å². The van der Waals surface area contributed by atoms with E-state index < -0.39 is 0 Å². The molecular formula is C14H24ClN3O2S. The molecule has 0 bridgehead atoms. The van der Waals surface area contributed by atoms with Gasteiger partial charge in [0, 0.05) is 25.6 Å². The maximum Gasteiger partial charge on any atom is 0.261 e. The summed E-state index contributed by atoms with van der Waals surface area (Å²) in [7, 11) is 0. The smallest absolute Gasteiger partial charge is 0.261 e. The number of rotatable bonds is 9. The van der Waals surface area contributed by atoms with Crippen molar-refractivity contribution in [2.24, 2.45) is 5.73 Å². The van der Waals surface area contributed by atoms with Crippen molar-refractivity contribution in [3.63, 3.8) is 0 Å². The van der Waals surface area contributed by atoms with E-state index in [2.05, 4.69) is 17.6 Å². The van der Waals surface area contributed by atoms with Gasteiger partial charge in [-0.3, -0.25) is 9.59 Å². The second-order valence-corrected chi connectivity index (χ2v) is 5.57. The summed E-state index contributed by atoms with van der Waals surface area (Å²) in [5.41, 5.74) is 5.62. The molecular weight excluding hydrogens is 310 g/mol. The van der Waals surface area contributed by atoms with E-state index in [1.54, 1.807) is 6.07 Å². The molecule has 1 rings (SSSR count). The van der Waals surface area contributed by atoms with Crippen molar-refractivity contribution in [3.05, 3.63) is 22.4 Å². The molecule has 7 heteroatoms. The van der Waals surface area contributed by atoms with Gasteiger partial charge in [-0.25, -0.2) is 0 Å². The number of nitrogens with one attached hydrogen (secondary N) is 2. The first-order valence-electron chi connectivity index (χ1n) is 6.98. The number of amides is 2. The molecule has 1 atom stereocenters. The van der Waals surface area contributed by atoms with Crippen molar-refractivity contribution in [3.8, 4) is 0 Å². The lowest BCUT2D eigenvalue weighted by molar-refractivity contribution is -0.121. The fourth-order valence-corrected chi connectivity index (χ4v) is 2.42. The topological polar surface area (TPSA) is 84.2 Å². The van der Waals surface area contributed by atoms with Gasteiger partial charge in [0.1, 0.15) is 0 Å². The summed E-state index contributed by atoms with van der Waals surface area (Å²) in [5, 5.41) is 7.48. The fraction of sp³-hybridized carbons (Fsp3) is 0.571. The average molecular weight is 334 g/mol. The van der Waals surface area contributed by atoms with Crippen LogP contribution in [0.1, 0.15) is 42.3 Å². The van der Waals surface area contributed by atoms with Gasteiger partial charge in [0.25, 0.3) is 5.91 Å². The predicted molar refractivity (Wildman–Crippen MR) is 89.0 cm³/mol. The molecule has 1 unspecified atom stereocenters. The minimum atomic E-state index is -0.130. The molecule has 21 heavy (non-hydrogen) atoms. The first-order chi connectivity index (χ1) is 9.67. The van der Waals surface area contributed by atoms with Gasteiger partial charge in [-0.15, -0.1) is 23.7 Å². The van der Waals surface area contributed by atoms with Crippen molar-refractivity contribution in [1.29, 1.82) is 0 Å². The second kappa shape index (κ2) is 11.5. The third-order valence-corrected chi connectivity index (χ3v) is 3.81. The lowest BCUT2D eigenvalue weighted by Crippen LogP contribution is -2.41. The Morgan fingerprint density at radius 2 is 2.19 bits per heavy atom. The molecule has 0 radical (unpaired) electrons. The molecule has 5 nitrogen and oxygen atoms in total. The minimum Gasteiger partial charge on any atom is -0.352 e. The van der Waals surface area contributed by atoms with E-state index in [1.165, 1.54) is 11.3 Å². The molecule has 1 aromatic heterocycles. The highest BCUT2D eigenvalue weighted by molar-refractivity contribution is 7.12. The highest BCUT2D eigenvalue weighted by Crippen LogP contribution is 2.07. The number of carbonyl (C=O) groups excluding carboxylic acids is 2. The summed E-state index contributed by atoms with van der Waals surface area (Å²) in [6, 6.07) is 3.62. The zero-order valence-electron chi connectivity index (χ0n) is 12.3. The third kappa shape index (κ3) is 8.04. The van der Waals surface area contributed by atoms with Gasteiger partial charge in [-0.2, -0.15) is 0 Å². The zero-order valence-corrected chi connectivity index (χ0v) is 13.9. The number of nitrogens with two attached hydrogens (primary N) is 1. The van der Waals surface area contributed by atoms with Crippen LogP contribution in [0.15, 0.2) is 17.5 Å². The molecule has 0 aliphatic heterocycles. The van der Waals surface area contributed by atoms with Crippen molar-refractivity contribution >= 4 is 35.6 Å². The Kier molecular flexibility index (Phi) is 10.9. The van der Waals surface area contributed by atoms with Crippen molar-refractivity contribution in [1.82, 2.24) is 10.6 Å². The summed E-state index contributed by atoms with van der Waals surface area (Å²) in [6.45, 7) is 2.90. The molecule has 4 N–H and O–H groups in total. The largest absolute Gasteiger partial charge is 0.352 e. The predicted octanol–water partition coefficient (Wildman–Crippen LogP) is 1.92. The molecule has 0 aliphatic carbocycles. The quantitative estimate of drug-likeness (QED) is 0.645. The zero-order chi connectivity index (χ0) is 14.8. The summed E-state index contributed by atoms with van der Waals surface area (Å²) in [6.07, 6.45) is 3.32. The number of hydrogen-bond acceptors (Lipinski definition) is 4. The summed E-state index contributed by atoms with van der Waals surface area (Å²) >= 11 is 1.38. The first-order valence-corrected chi connectivity index (χ1v) is 7.86. The van der Waals surface area contributed by atoms with Gasteiger partial charge in [-0.05, 0) is 17.9 Å². The van der Waals surface area contributed by atoms with Crippen LogP contribution in [0, 0.1) is 0 Å². The van der Waals surface area contributed by atoms with Crippen LogP contribution in [0.4, 0.5) is 0 Å². The molecule has 1 heterocycles. The maximum atomic E-state index is 11.7. The second-order valence-electron chi connectivity index (χ2n) is 4.63. The number of thiophene rings is 1. The highest BCUT2D eigenvalue weighted by atomic mass is 35.5. The van der Waals surface area contributed by atoms with Crippen LogP contribution < -0.4 is 16.4 Å². The molecule has 0 aromatic carbocycles. The van der Waals surface area contributed by atoms with E-state index in [0.29, 0.717) is 18.0 Å². The van der Waals surface area contributed by atoms with E-state index in [1.807, 2.05) is 11.4 Å². The molecule has 0 aliphatic rings. The molecule has 1 aromatic rings. The number of unbranched alkanes of at least 4 members (excludes halogenated alkanes) is 1. The average Bonchev–Trinajstić information content (AvgIpc) is 2.97. The Balaban J connectivity index is 0.00000400. The van der Waals surface area contributed by atoms with Gasteiger partial charge >= 0.3 is 0 Å². The van der Waals surface area contributed by atoms with Crippen LogP contribution in [0.2, 0.25) is 0 Å². The van der Waals surface area contributed by atoms with Crippen molar-refractivity contribution in [2.45, 2.75) is 38.6 Å². The Bertz CT molecular complexity index is 412. The van der Waals surface area contributed by atoms with E-state index >= 15 is 0 Å². The fourth-order valence-electron chi connectivity index (χ4n) is 1.78. The Morgan fingerprint density at radius 3 is 2.76 bits per heavy atom. The lowest BCUT2D eigenvalue weighted by atomic mass is 10.1. The van der Waals surface area contributed by atoms with Gasteiger partial charge in [-0.1, -0.05) is 25.8 Å². The van der Waals surface area contributed by atoms with Crippen LogP contribution in [0.3, 0.4) is 0 Å². The van der Waals surface area contributed by atoms with Crippen LogP contribution >= 0.6 is 23.7 Å². The number of carbonyl (C=O) groups is 2. The van der Waals surface area contributed by atoms with E-state index in [-0.39, 0.29) is 36.7 Å². The SMILES string of the molecule is CCCCC(CN)NC(=O)CCNC(=O)c1cccs1.Cl. The Labute approximate surface area is 136 Å². The molecule has 0 saturated heterocycles. The summed E-state index contributed by atoms with van der Waals surface area (Å²) < 4.78 is 0. The van der Waals surface area contributed by atoms with Crippen LogP contribution in [-0.2, 0) is 4.79 Å². The number of hydrogen-bond donors (Lipinski definition) is 3. The first kappa shape index (κ1) is 19.9. The third-order valence-electron chi connectivity index (χ3n) is 2.94. The van der Waals surface area contributed by atoms with E-state index in [4.69, 9.17) is 5.73 Å². The normalized spacial score (nSPS) is 11.3. The maximum absolute atomic E-state index is 11.7. The van der Waals surface area contributed by atoms with Crippen LogP contribution in [-0.4, -0.2) is 30.9 Å². The van der Waals surface area contributed by atoms with Gasteiger partial charge < -0.3 is 16.4 Å².